The zero-order chi connectivity index (χ0) is 30.5. The maximum absolute atomic E-state index is 14.5. The molecule has 0 saturated carbocycles. The minimum atomic E-state index is -0.829. The van der Waals surface area contributed by atoms with Gasteiger partial charge in [0.25, 0.3) is 0 Å². The lowest BCUT2D eigenvalue weighted by molar-refractivity contribution is -0.142. The van der Waals surface area contributed by atoms with Crippen molar-refractivity contribution in [3.05, 3.63) is 66.7 Å². The van der Waals surface area contributed by atoms with Crippen LogP contribution < -0.4 is 15.4 Å². The van der Waals surface area contributed by atoms with Crippen molar-refractivity contribution in [2.75, 3.05) is 23.8 Å². The van der Waals surface area contributed by atoms with Gasteiger partial charge in [0.1, 0.15) is 11.8 Å². The Morgan fingerprint density at radius 2 is 1.70 bits per heavy atom. The number of hydrogen-bond donors (Lipinski definition) is 3. The zero-order valence-corrected chi connectivity index (χ0v) is 25.8. The summed E-state index contributed by atoms with van der Waals surface area (Å²) in [7, 11) is 0. The van der Waals surface area contributed by atoms with Crippen LogP contribution in [0, 0.1) is 23.7 Å². The van der Waals surface area contributed by atoms with Gasteiger partial charge in [0.15, 0.2) is 0 Å². The van der Waals surface area contributed by atoms with E-state index in [4.69, 9.17) is 4.74 Å². The number of rotatable bonds is 9. The molecule has 3 amide bonds. The molecule has 3 aromatic rings. The summed E-state index contributed by atoms with van der Waals surface area (Å²) in [5.41, 5.74) is 1.28. The smallest absolute Gasteiger partial charge is 0.248 e. The molecule has 3 aromatic carbocycles. The van der Waals surface area contributed by atoms with Crippen molar-refractivity contribution in [1.82, 2.24) is 4.90 Å². The van der Waals surface area contributed by atoms with Gasteiger partial charge in [0.2, 0.25) is 17.7 Å². The SMILES string of the molecule is CCOc1ccc(NC(=O)[C@@H]2[C@@H]3CC(C)C4(S3)C(C(=O)Nc3ccc5ccccc5c3)N([C@@H](CO)C(C)C)C(=O)[C@H]24)cc1. The summed E-state index contributed by atoms with van der Waals surface area (Å²) >= 11 is 1.62. The van der Waals surface area contributed by atoms with Gasteiger partial charge in [-0.05, 0) is 72.4 Å². The Morgan fingerprint density at radius 3 is 2.37 bits per heavy atom. The van der Waals surface area contributed by atoms with Gasteiger partial charge in [-0.2, -0.15) is 0 Å². The van der Waals surface area contributed by atoms with Crippen LogP contribution in [0.5, 0.6) is 5.75 Å². The first kappa shape index (κ1) is 29.5. The summed E-state index contributed by atoms with van der Waals surface area (Å²) in [6.07, 6.45) is 0.731. The molecular formula is C34H39N3O5S. The van der Waals surface area contributed by atoms with E-state index in [1.54, 1.807) is 28.8 Å². The van der Waals surface area contributed by atoms with E-state index in [1.807, 2.05) is 75.4 Å². The number of hydrogen-bond acceptors (Lipinski definition) is 6. The third-order valence-corrected chi connectivity index (χ3v) is 11.6. The molecule has 0 aromatic heterocycles. The van der Waals surface area contributed by atoms with Crippen molar-refractivity contribution in [3.63, 3.8) is 0 Å². The highest BCUT2D eigenvalue weighted by Gasteiger charge is 2.76. The van der Waals surface area contributed by atoms with E-state index in [1.165, 1.54) is 0 Å². The number of aliphatic hydroxyl groups excluding tert-OH is 1. The molecule has 43 heavy (non-hydrogen) atoms. The van der Waals surface area contributed by atoms with E-state index in [0.29, 0.717) is 18.0 Å². The number of carbonyl (C=O) groups excluding carboxylic acids is 3. The topological polar surface area (TPSA) is 108 Å². The number of anilines is 2. The number of nitrogens with one attached hydrogen (secondary N) is 2. The summed E-state index contributed by atoms with van der Waals surface area (Å²) in [6, 6.07) is 19.5. The maximum Gasteiger partial charge on any atom is 0.248 e. The molecule has 0 radical (unpaired) electrons. The van der Waals surface area contributed by atoms with Crippen LogP contribution >= 0.6 is 11.8 Å². The molecular weight excluding hydrogens is 562 g/mol. The molecule has 8 nitrogen and oxygen atoms in total. The summed E-state index contributed by atoms with van der Waals surface area (Å²) < 4.78 is 4.74. The molecule has 226 valence electrons. The summed E-state index contributed by atoms with van der Waals surface area (Å²) in [4.78, 5) is 44.4. The predicted molar refractivity (Wildman–Crippen MR) is 170 cm³/mol. The Labute approximate surface area is 256 Å². The number of likely N-dealkylation sites (tertiary alicyclic amines) is 1. The van der Waals surface area contributed by atoms with Gasteiger partial charge in [-0.15, -0.1) is 11.8 Å². The van der Waals surface area contributed by atoms with Crippen molar-refractivity contribution in [2.45, 2.75) is 56.2 Å². The molecule has 3 fully saturated rings. The van der Waals surface area contributed by atoms with Crippen LogP contribution in [0.2, 0.25) is 0 Å². The fraction of sp³-hybridized carbons (Fsp3) is 0.441. The van der Waals surface area contributed by atoms with Gasteiger partial charge in [0.05, 0.1) is 35.8 Å². The van der Waals surface area contributed by atoms with E-state index < -0.39 is 28.7 Å². The second-order valence-corrected chi connectivity index (χ2v) is 13.8. The van der Waals surface area contributed by atoms with Crippen LogP contribution in [0.15, 0.2) is 66.7 Å². The molecule has 9 heteroatoms. The first-order valence-corrected chi connectivity index (χ1v) is 16.0. The van der Waals surface area contributed by atoms with Crippen LogP contribution in [0.4, 0.5) is 11.4 Å². The monoisotopic (exact) mass is 601 g/mol. The number of thioether (sulfide) groups is 1. The Kier molecular flexibility index (Phi) is 7.89. The molecule has 3 N–H and O–H groups in total. The molecule has 1 spiro atoms. The Bertz CT molecular complexity index is 1540. The highest BCUT2D eigenvalue weighted by molar-refractivity contribution is 8.02. The normalized spacial score (nSPS) is 28.3. The maximum atomic E-state index is 14.5. The molecule has 6 rings (SSSR count). The average molecular weight is 602 g/mol. The highest BCUT2D eigenvalue weighted by Crippen LogP contribution is 2.69. The lowest BCUT2D eigenvalue weighted by Gasteiger charge is -2.40. The van der Waals surface area contributed by atoms with E-state index >= 15 is 0 Å². The molecule has 3 heterocycles. The molecule has 3 aliphatic heterocycles. The van der Waals surface area contributed by atoms with Gasteiger partial charge < -0.3 is 25.4 Å². The van der Waals surface area contributed by atoms with Gasteiger partial charge >= 0.3 is 0 Å². The largest absolute Gasteiger partial charge is 0.494 e. The van der Waals surface area contributed by atoms with Crippen molar-refractivity contribution < 1.29 is 24.2 Å². The Morgan fingerprint density at radius 1 is 1.02 bits per heavy atom. The minimum absolute atomic E-state index is 0.0230. The zero-order valence-electron chi connectivity index (χ0n) is 24.9. The number of ether oxygens (including phenoxy) is 1. The second-order valence-electron chi connectivity index (χ2n) is 12.3. The number of carbonyl (C=O) groups is 3. The first-order chi connectivity index (χ1) is 20.7. The van der Waals surface area contributed by atoms with Crippen LogP contribution in [-0.2, 0) is 14.4 Å². The second kappa shape index (κ2) is 11.5. The summed E-state index contributed by atoms with van der Waals surface area (Å²) in [5.74, 6) is -1.33. The first-order valence-electron chi connectivity index (χ1n) is 15.1. The third kappa shape index (κ3) is 4.86. The van der Waals surface area contributed by atoms with Gasteiger partial charge in [-0.25, -0.2) is 0 Å². The summed E-state index contributed by atoms with van der Waals surface area (Å²) in [6.45, 7) is 8.18. The standard InChI is InChI=1S/C34H39N3O5S/c1-5-42-25-14-12-23(13-15-25)35-31(39)28-27-16-20(4)34(43-27)29(28)33(41)37(26(18-38)19(2)3)30(34)32(40)36-24-11-10-21-8-6-7-9-22(21)17-24/h6-15,17,19-20,26-30,38H,5,16,18H2,1-4H3,(H,35,39)(H,36,40)/t20?,26-,27-,28+,29-,30?,34?/m0/s1. The Balaban J connectivity index is 1.35. The summed E-state index contributed by atoms with van der Waals surface area (Å²) in [5, 5.41) is 18.6. The van der Waals surface area contributed by atoms with E-state index in [0.717, 1.165) is 22.9 Å². The molecule has 2 bridgehead atoms. The van der Waals surface area contributed by atoms with E-state index in [-0.39, 0.29) is 41.4 Å². The van der Waals surface area contributed by atoms with E-state index in [2.05, 4.69) is 17.6 Å². The van der Waals surface area contributed by atoms with Gasteiger partial charge in [0, 0.05) is 16.6 Å². The lowest BCUT2D eigenvalue weighted by atomic mass is 9.66. The van der Waals surface area contributed by atoms with Crippen LogP contribution in [0.3, 0.4) is 0 Å². The van der Waals surface area contributed by atoms with E-state index in [9.17, 15) is 19.5 Å². The predicted octanol–water partition coefficient (Wildman–Crippen LogP) is 5.17. The minimum Gasteiger partial charge on any atom is -0.494 e. The quantitative estimate of drug-likeness (QED) is 0.312. The average Bonchev–Trinajstić information content (AvgIpc) is 3.58. The third-order valence-electron chi connectivity index (χ3n) is 9.50. The molecule has 0 aliphatic carbocycles. The van der Waals surface area contributed by atoms with Crippen molar-refractivity contribution in [1.29, 1.82) is 0 Å². The van der Waals surface area contributed by atoms with Crippen molar-refractivity contribution in [3.8, 4) is 5.75 Å². The molecule has 3 unspecified atom stereocenters. The van der Waals surface area contributed by atoms with Crippen LogP contribution in [0.25, 0.3) is 10.8 Å². The van der Waals surface area contributed by atoms with Crippen LogP contribution in [0.1, 0.15) is 34.1 Å². The van der Waals surface area contributed by atoms with Crippen molar-refractivity contribution >= 4 is 51.6 Å². The number of fused-ring (bicyclic) bond motifs is 2. The highest BCUT2D eigenvalue weighted by atomic mass is 32.2. The molecule has 3 saturated heterocycles. The fourth-order valence-electron chi connectivity index (χ4n) is 7.54. The van der Waals surface area contributed by atoms with Gasteiger partial charge in [-0.1, -0.05) is 51.1 Å². The number of aliphatic hydroxyl groups is 1. The number of nitrogens with zero attached hydrogens (tertiary/aromatic N) is 1. The molecule has 7 atom stereocenters. The fourth-order valence-corrected chi connectivity index (χ4v) is 9.95. The van der Waals surface area contributed by atoms with Crippen molar-refractivity contribution in [2.24, 2.45) is 23.7 Å². The number of amides is 3. The van der Waals surface area contributed by atoms with Gasteiger partial charge in [-0.3, -0.25) is 14.4 Å². The lowest BCUT2D eigenvalue weighted by Crippen LogP contribution is -2.57. The number of benzene rings is 3. The molecule has 3 aliphatic rings. The Hall–Kier alpha value is -3.56. The van der Waals surface area contributed by atoms with Crippen LogP contribution in [-0.4, -0.2) is 63.0 Å².